The Morgan fingerprint density at radius 1 is 1.05 bits per heavy atom. The molecule has 0 unspecified atom stereocenters. The van der Waals surface area contributed by atoms with Crippen LogP contribution in [0.4, 0.5) is 5.82 Å². The Kier molecular flexibility index (Phi) is 4.61. The molecule has 0 aliphatic carbocycles. The zero-order chi connectivity index (χ0) is 15.2. The number of rotatable bonds is 5. The van der Waals surface area contributed by atoms with E-state index in [1.54, 1.807) is 33.5 Å². The van der Waals surface area contributed by atoms with Crippen LogP contribution in [0.25, 0.3) is 11.8 Å². The molecule has 0 aliphatic rings. The molecule has 0 saturated carbocycles. The van der Waals surface area contributed by atoms with Crippen molar-refractivity contribution in [2.24, 2.45) is 0 Å². The molecule has 2 aromatic rings. The van der Waals surface area contributed by atoms with Crippen molar-refractivity contribution >= 4 is 17.7 Å². The summed E-state index contributed by atoms with van der Waals surface area (Å²) in [5.74, 6) is 2.17. The molecule has 0 fully saturated rings. The summed E-state index contributed by atoms with van der Waals surface area (Å²) in [6.07, 6.45) is 1.81. The normalized spacial score (nSPS) is 11.1. The van der Waals surface area contributed by atoms with Crippen molar-refractivity contribution in [3.8, 4) is 11.5 Å². The number of nitrogens with zero attached hydrogens (tertiary/aromatic N) is 2. The summed E-state index contributed by atoms with van der Waals surface area (Å²) in [6.45, 7) is 0. The number of anilines is 1. The minimum atomic E-state index is 0.355. The van der Waals surface area contributed by atoms with Gasteiger partial charge >= 0.3 is 0 Å². The van der Waals surface area contributed by atoms with Crippen molar-refractivity contribution < 1.29 is 14.2 Å². The Hall–Kier alpha value is -2.76. The minimum Gasteiger partial charge on any atom is -0.494 e. The van der Waals surface area contributed by atoms with Gasteiger partial charge in [-0.1, -0.05) is 12.1 Å². The Labute approximate surface area is 123 Å². The SMILES string of the molecule is COC(=Cc1cccc(OC)c1OC)c1ccc(N)nn1. The smallest absolute Gasteiger partial charge is 0.168 e. The second-order valence-corrected chi connectivity index (χ2v) is 4.14. The van der Waals surface area contributed by atoms with Crippen LogP contribution in [0.2, 0.25) is 0 Å². The van der Waals surface area contributed by atoms with Crippen LogP contribution < -0.4 is 15.2 Å². The maximum Gasteiger partial charge on any atom is 0.168 e. The number of hydrogen-bond donors (Lipinski definition) is 1. The Morgan fingerprint density at radius 2 is 1.86 bits per heavy atom. The minimum absolute atomic E-state index is 0.355. The summed E-state index contributed by atoms with van der Waals surface area (Å²) in [5.41, 5.74) is 6.93. The maximum absolute atomic E-state index is 5.53. The molecule has 110 valence electrons. The fourth-order valence-corrected chi connectivity index (χ4v) is 1.88. The van der Waals surface area contributed by atoms with Crippen molar-refractivity contribution in [3.63, 3.8) is 0 Å². The van der Waals surface area contributed by atoms with E-state index >= 15 is 0 Å². The van der Waals surface area contributed by atoms with E-state index in [-0.39, 0.29) is 0 Å². The Balaban J connectivity index is 2.47. The number of methoxy groups -OCH3 is 3. The first-order valence-corrected chi connectivity index (χ1v) is 6.26. The molecule has 1 heterocycles. The molecule has 6 nitrogen and oxygen atoms in total. The Bertz CT molecular complexity index is 639. The summed E-state index contributed by atoms with van der Waals surface area (Å²) in [5, 5.41) is 7.82. The fraction of sp³-hybridized carbons (Fsp3) is 0.200. The van der Waals surface area contributed by atoms with Gasteiger partial charge in [-0.05, 0) is 24.3 Å². The number of benzene rings is 1. The van der Waals surface area contributed by atoms with Crippen LogP contribution in [0.15, 0.2) is 30.3 Å². The van der Waals surface area contributed by atoms with Gasteiger partial charge in [-0.15, -0.1) is 10.2 Å². The lowest BCUT2D eigenvalue weighted by Crippen LogP contribution is -1.98. The second-order valence-electron chi connectivity index (χ2n) is 4.14. The monoisotopic (exact) mass is 287 g/mol. The average molecular weight is 287 g/mol. The van der Waals surface area contributed by atoms with Crippen LogP contribution in [-0.2, 0) is 4.74 Å². The van der Waals surface area contributed by atoms with Crippen molar-refractivity contribution in [3.05, 3.63) is 41.6 Å². The van der Waals surface area contributed by atoms with Gasteiger partial charge in [0.1, 0.15) is 17.3 Å². The summed E-state index contributed by atoms with van der Waals surface area (Å²) in [7, 11) is 4.75. The van der Waals surface area contributed by atoms with Crippen LogP contribution in [0.1, 0.15) is 11.3 Å². The molecule has 2 N–H and O–H groups in total. The van der Waals surface area contributed by atoms with E-state index in [1.165, 1.54) is 0 Å². The molecule has 0 spiro atoms. The summed E-state index contributed by atoms with van der Waals surface area (Å²) in [6, 6.07) is 8.99. The molecular formula is C15H17N3O3. The van der Waals surface area contributed by atoms with E-state index in [1.807, 2.05) is 24.3 Å². The number of para-hydroxylation sites is 1. The first kappa shape index (κ1) is 14.6. The maximum atomic E-state index is 5.53. The lowest BCUT2D eigenvalue weighted by Gasteiger charge is -2.11. The first-order valence-electron chi connectivity index (χ1n) is 6.26. The number of nitrogen functional groups attached to an aromatic ring is 1. The highest BCUT2D eigenvalue weighted by molar-refractivity contribution is 5.79. The molecule has 1 aromatic heterocycles. The molecule has 1 aromatic carbocycles. The van der Waals surface area contributed by atoms with E-state index in [2.05, 4.69) is 10.2 Å². The third kappa shape index (κ3) is 3.22. The third-order valence-electron chi connectivity index (χ3n) is 2.88. The fourth-order valence-electron chi connectivity index (χ4n) is 1.88. The van der Waals surface area contributed by atoms with Gasteiger partial charge in [0.2, 0.25) is 0 Å². The van der Waals surface area contributed by atoms with Gasteiger partial charge in [-0.3, -0.25) is 0 Å². The van der Waals surface area contributed by atoms with Crippen LogP contribution in [-0.4, -0.2) is 31.5 Å². The zero-order valence-electron chi connectivity index (χ0n) is 12.2. The second kappa shape index (κ2) is 6.60. The summed E-state index contributed by atoms with van der Waals surface area (Å²) in [4.78, 5) is 0. The lowest BCUT2D eigenvalue weighted by molar-refractivity contribution is 0.353. The highest BCUT2D eigenvalue weighted by atomic mass is 16.5. The van der Waals surface area contributed by atoms with Gasteiger partial charge < -0.3 is 19.9 Å². The van der Waals surface area contributed by atoms with Crippen LogP contribution in [0, 0.1) is 0 Å². The quantitative estimate of drug-likeness (QED) is 0.849. The zero-order valence-corrected chi connectivity index (χ0v) is 12.2. The van der Waals surface area contributed by atoms with E-state index in [9.17, 15) is 0 Å². The molecule has 6 heteroatoms. The summed E-state index contributed by atoms with van der Waals surface area (Å²) >= 11 is 0. The van der Waals surface area contributed by atoms with Crippen molar-refractivity contribution in [2.45, 2.75) is 0 Å². The van der Waals surface area contributed by atoms with E-state index in [0.717, 1.165) is 5.56 Å². The number of hydrogen-bond acceptors (Lipinski definition) is 6. The predicted molar refractivity (Wildman–Crippen MR) is 80.9 cm³/mol. The molecule has 0 radical (unpaired) electrons. The van der Waals surface area contributed by atoms with Gasteiger partial charge in [0.15, 0.2) is 11.5 Å². The van der Waals surface area contributed by atoms with Gasteiger partial charge in [-0.25, -0.2) is 0 Å². The predicted octanol–water partition coefficient (Wildman–Crippen LogP) is 2.22. The number of aromatic nitrogens is 2. The molecular weight excluding hydrogens is 270 g/mol. The van der Waals surface area contributed by atoms with Gasteiger partial charge in [0.25, 0.3) is 0 Å². The van der Waals surface area contributed by atoms with Gasteiger partial charge in [0.05, 0.1) is 21.3 Å². The largest absolute Gasteiger partial charge is 0.494 e. The van der Waals surface area contributed by atoms with E-state index in [0.29, 0.717) is 28.8 Å². The molecule has 0 saturated heterocycles. The first-order chi connectivity index (χ1) is 10.2. The van der Waals surface area contributed by atoms with Gasteiger partial charge in [0, 0.05) is 5.56 Å². The van der Waals surface area contributed by atoms with E-state index in [4.69, 9.17) is 19.9 Å². The highest BCUT2D eigenvalue weighted by Gasteiger charge is 2.11. The molecule has 21 heavy (non-hydrogen) atoms. The number of ether oxygens (including phenoxy) is 3. The molecule has 0 amide bonds. The van der Waals surface area contributed by atoms with Crippen LogP contribution in [0.5, 0.6) is 11.5 Å². The molecule has 0 atom stereocenters. The van der Waals surface area contributed by atoms with Crippen molar-refractivity contribution in [2.75, 3.05) is 27.1 Å². The van der Waals surface area contributed by atoms with Crippen LogP contribution in [0.3, 0.4) is 0 Å². The van der Waals surface area contributed by atoms with Gasteiger partial charge in [-0.2, -0.15) is 0 Å². The number of nitrogens with two attached hydrogens (primary N) is 1. The highest BCUT2D eigenvalue weighted by Crippen LogP contribution is 2.33. The van der Waals surface area contributed by atoms with Crippen molar-refractivity contribution in [1.82, 2.24) is 10.2 Å². The summed E-state index contributed by atoms with van der Waals surface area (Å²) < 4.78 is 16.0. The molecule has 2 rings (SSSR count). The lowest BCUT2D eigenvalue weighted by atomic mass is 10.1. The third-order valence-corrected chi connectivity index (χ3v) is 2.88. The van der Waals surface area contributed by atoms with Crippen LogP contribution >= 0.6 is 0 Å². The Morgan fingerprint density at radius 3 is 2.43 bits per heavy atom. The molecule has 0 bridgehead atoms. The van der Waals surface area contributed by atoms with E-state index < -0.39 is 0 Å². The average Bonchev–Trinajstić information content (AvgIpc) is 2.53. The standard InChI is InChI=1S/C15H17N3O3/c1-19-12-6-4-5-10(15(12)21-3)9-13(20-2)11-7-8-14(16)18-17-11/h4-9H,1-3H3,(H2,16,18). The van der Waals surface area contributed by atoms with Crippen molar-refractivity contribution in [1.29, 1.82) is 0 Å². The molecule has 0 aliphatic heterocycles. The topological polar surface area (TPSA) is 79.5 Å².